The number of halogens is 1. The summed E-state index contributed by atoms with van der Waals surface area (Å²) < 4.78 is 24.9. The second-order valence-electron chi connectivity index (χ2n) is 5.65. The van der Waals surface area contributed by atoms with Crippen molar-refractivity contribution in [2.45, 2.75) is 13.2 Å². The highest BCUT2D eigenvalue weighted by molar-refractivity contribution is 5.86. The van der Waals surface area contributed by atoms with Gasteiger partial charge in [-0.1, -0.05) is 30.3 Å². The quantitative estimate of drug-likeness (QED) is 0.600. The zero-order valence-corrected chi connectivity index (χ0v) is 14.4. The molecule has 0 aliphatic rings. The van der Waals surface area contributed by atoms with Gasteiger partial charge in [0.2, 0.25) is 0 Å². The van der Waals surface area contributed by atoms with Gasteiger partial charge >= 0.3 is 5.97 Å². The number of hydrogen-bond acceptors (Lipinski definition) is 5. The molecule has 0 amide bonds. The van der Waals surface area contributed by atoms with Crippen LogP contribution < -0.4 is 10.3 Å². The van der Waals surface area contributed by atoms with Gasteiger partial charge in [0, 0.05) is 6.07 Å². The minimum atomic E-state index is -0.697. The van der Waals surface area contributed by atoms with Crippen LogP contribution in [0.15, 0.2) is 71.5 Å². The summed E-state index contributed by atoms with van der Waals surface area (Å²) in [5.41, 5.74) is 0.159. The molecule has 0 N–H and O–H groups in total. The molecule has 0 aliphatic heterocycles. The van der Waals surface area contributed by atoms with Gasteiger partial charge in [0.05, 0.1) is 6.54 Å². The van der Waals surface area contributed by atoms with Crippen LogP contribution >= 0.6 is 0 Å². The smallest absolute Gasteiger partial charge is 0.359 e. The Morgan fingerprint density at radius 1 is 1.04 bits per heavy atom. The lowest BCUT2D eigenvalue weighted by molar-refractivity contribution is 0.0461. The van der Waals surface area contributed by atoms with Crippen LogP contribution in [0.4, 0.5) is 4.39 Å². The van der Waals surface area contributed by atoms with Gasteiger partial charge in [0.1, 0.15) is 24.8 Å². The summed E-state index contributed by atoms with van der Waals surface area (Å²) in [5.74, 6) is -0.429. The van der Waals surface area contributed by atoms with Gasteiger partial charge in [0.25, 0.3) is 5.56 Å². The van der Waals surface area contributed by atoms with Crippen molar-refractivity contribution in [3.05, 3.63) is 94.2 Å². The van der Waals surface area contributed by atoms with Gasteiger partial charge in [-0.15, -0.1) is 0 Å². The highest BCUT2D eigenvalue weighted by Gasteiger charge is 2.12. The van der Waals surface area contributed by atoms with E-state index >= 15 is 0 Å². The minimum Gasteiger partial charge on any atom is -0.492 e. The van der Waals surface area contributed by atoms with E-state index in [-0.39, 0.29) is 31.0 Å². The number of para-hydroxylation sites is 1. The summed E-state index contributed by atoms with van der Waals surface area (Å²) in [6.07, 6.45) is 0. The third-order valence-electron chi connectivity index (χ3n) is 3.65. The molecular weight excluding hydrogens is 351 g/mol. The molecule has 0 atom stereocenters. The van der Waals surface area contributed by atoms with Crippen molar-refractivity contribution < 1.29 is 18.7 Å². The average Bonchev–Trinajstić information content (AvgIpc) is 2.68. The fraction of sp³-hybridized carbons (Fsp3) is 0.150. The number of esters is 1. The molecule has 0 aliphatic carbocycles. The normalized spacial score (nSPS) is 10.4. The maximum atomic E-state index is 13.2. The molecule has 6 nitrogen and oxygen atoms in total. The topological polar surface area (TPSA) is 70.4 Å². The first-order valence-electron chi connectivity index (χ1n) is 8.29. The Kier molecular flexibility index (Phi) is 5.94. The number of ether oxygens (including phenoxy) is 2. The summed E-state index contributed by atoms with van der Waals surface area (Å²) >= 11 is 0. The predicted molar refractivity (Wildman–Crippen MR) is 96.0 cm³/mol. The lowest BCUT2D eigenvalue weighted by Gasteiger charge is -2.09. The van der Waals surface area contributed by atoms with E-state index in [0.717, 1.165) is 4.68 Å². The number of benzene rings is 2. The molecule has 1 aromatic heterocycles. The Balaban J connectivity index is 1.60. The van der Waals surface area contributed by atoms with Crippen molar-refractivity contribution in [3.8, 4) is 5.75 Å². The number of aromatic nitrogens is 2. The van der Waals surface area contributed by atoms with Crippen molar-refractivity contribution in [2.75, 3.05) is 6.61 Å². The molecule has 27 heavy (non-hydrogen) atoms. The molecular formula is C20H17FN2O4. The first-order chi connectivity index (χ1) is 13.1. The fourth-order valence-corrected chi connectivity index (χ4v) is 2.33. The minimum absolute atomic E-state index is 0.00860. The van der Waals surface area contributed by atoms with Crippen LogP contribution in [-0.4, -0.2) is 22.4 Å². The van der Waals surface area contributed by atoms with E-state index in [1.165, 1.54) is 30.3 Å². The van der Waals surface area contributed by atoms with E-state index in [2.05, 4.69) is 5.10 Å². The highest BCUT2D eigenvalue weighted by Crippen LogP contribution is 2.08. The third-order valence-corrected chi connectivity index (χ3v) is 3.65. The molecule has 1 heterocycles. The van der Waals surface area contributed by atoms with Crippen LogP contribution in [-0.2, 0) is 17.9 Å². The molecule has 0 bridgehead atoms. The lowest BCUT2D eigenvalue weighted by atomic mass is 10.2. The molecule has 0 fully saturated rings. The van der Waals surface area contributed by atoms with E-state index in [1.54, 1.807) is 18.2 Å². The third kappa shape index (κ3) is 5.24. The maximum absolute atomic E-state index is 13.2. The van der Waals surface area contributed by atoms with Gasteiger partial charge in [-0.2, -0.15) is 5.10 Å². The van der Waals surface area contributed by atoms with E-state index < -0.39 is 11.8 Å². The Morgan fingerprint density at radius 3 is 2.63 bits per heavy atom. The number of rotatable bonds is 7. The van der Waals surface area contributed by atoms with Crippen LogP contribution in [0.1, 0.15) is 16.1 Å². The van der Waals surface area contributed by atoms with Crippen LogP contribution in [0.25, 0.3) is 0 Å². The van der Waals surface area contributed by atoms with Crippen LogP contribution in [0.3, 0.4) is 0 Å². The molecule has 2 aromatic carbocycles. The van der Waals surface area contributed by atoms with Crippen LogP contribution in [0.2, 0.25) is 0 Å². The average molecular weight is 368 g/mol. The lowest BCUT2D eigenvalue weighted by Crippen LogP contribution is -2.27. The van der Waals surface area contributed by atoms with E-state index in [4.69, 9.17) is 9.47 Å². The monoisotopic (exact) mass is 368 g/mol. The zero-order valence-electron chi connectivity index (χ0n) is 14.4. The molecule has 0 saturated carbocycles. The van der Waals surface area contributed by atoms with Crippen molar-refractivity contribution in [1.29, 1.82) is 0 Å². The van der Waals surface area contributed by atoms with E-state index in [0.29, 0.717) is 11.3 Å². The molecule has 0 saturated heterocycles. The van der Waals surface area contributed by atoms with Crippen LogP contribution in [0.5, 0.6) is 5.75 Å². The Bertz CT molecular complexity index is 973. The first-order valence-corrected chi connectivity index (χ1v) is 8.29. The fourth-order valence-electron chi connectivity index (χ4n) is 2.33. The number of carbonyl (C=O) groups excluding carboxylic acids is 1. The van der Waals surface area contributed by atoms with Gasteiger partial charge in [0.15, 0.2) is 5.69 Å². The molecule has 138 valence electrons. The zero-order chi connectivity index (χ0) is 19.1. The first kappa shape index (κ1) is 18.3. The summed E-state index contributed by atoms with van der Waals surface area (Å²) in [6.45, 7) is 0.311. The van der Waals surface area contributed by atoms with Gasteiger partial charge < -0.3 is 9.47 Å². The standard InChI is InChI=1S/C20H17FN2O4/c21-16-6-4-5-15(13-16)14-27-20(25)18-9-10-19(24)23(22-18)11-12-26-17-7-2-1-3-8-17/h1-10,13H,11-12,14H2. The maximum Gasteiger partial charge on any atom is 0.359 e. The molecule has 0 radical (unpaired) electrons. The van der Waals surface area contributed by atoms with Crippen molar-refractivity contribution >= 4 is 5.97 Å². The largest absolute Gasteiger partial charge is 0.492 e. The number of nitrogens with zero attached hydrogens (tertiary/aromatic N) is 2. The molecule has 7 heteroatoms. The van der Waals surface area contributed by atoms with Gasteiger partial charge in [-0.25, -0.2) is 13.9 Å². The van der Waals surface area contributed by atoms with Gasteiger partial charge in [-0.05, 0) is 35.9 Å². The SMILES string of the molecule is O=C(OCc1cccc(F)c1)c1ccc(=O)n(CCOc2ccccc2)n1. The molecule has 3 aromatic rings. The van der Waals surface area contributed by atoms with Crippen LogP contribution in [0, 0.1) is 5.82 Å². The summed E-state index contributed by atoms with van der Waals surface area (Å²) in [5, 5.41) is 4.01. The van der Waals surface area contributed by atoms with Crippen molar-refractivity contribution in [3.63, 3.8) is 0 Å². The summed E-state index contributed by atoms with van der Waals surface area (Å²) in [7, 11) is 0. The van der Waals surface area contributed by atoms with E-state index in [9.17, 15) is 14.0 Å². The number of hydrogen-bond donors (Lipinski definition) is 0. The second kappa shape index (κ2) is 8.75. The van der Waals surface area contributed by atoms with Gasteiger partial charge in [-0.3, -0.25) is 4.79 Å². The highest BCUT2D eigenvalue weighted by atomic mass is 19.1. The summed E-state index contributed by atoms with van der Waals surface area (Å²) in [6, 6.07) is 17.5. The molecule has 3 rings (SSSR count). The Labute approximate surface area is 154 Å². The molecule has 0 spiro atoms. The predicted octanol–water partition coefficient (Wildman–Crippen LogP) is 2.82. The molecule has 0 unspecified atom stereocenters. The van der Waals surface area contributed by atoms with E-state index in [1.807, 2.05) is 18.2 Å². The number of carbonyl (C=O) groups is 1. The summed E-state index contributed by atoms with van der Waals surface area (Å²) in [4.78, 5) is 24.0. The Hall–Kier alpha value is -3.48. The van der Waals surface area contributed by atoms with Crippen molar-refractivity contribution in [1.82, 2.24) is 9.78 Å². The second-order valence-corrected chi connectivity index (χ2v) is 5.65. The Morgan fingerprint density at radius 2 is 1.85 bits per heavy atom. The van der Waals surface area contributed by atoms with Crippen molar-refractivity contribution in [2.24, 2.45) is 0 Å².